The fourth-order valence-electron chi connectivity index (χ4n) is 2.98. The molecule has 11 nitrogen and oxygen atoms in total. The number of nitrogens with zero attached hydrogens (tertiary/aromatic N) is 3. The summed E-state index contributed by atoms with van der Waals surface area (Å²) in [5.41, 5.74) is 1.10. The molecule has 0 bridgehead atoms. The second kappa shape index (κ2) is 8.52. The van der Waals surface area contributed by atoms with Gasteiger partial charge in [-0.05, 0) is 24.3 Å². The minimum Gasteiger partial charge on any atom is -0.477 e. The highest BCUT2D eigenvalue weighted by Crippen LogP contribution is 2.31. The monoisotopic (exact) mass is 434 g/mol. The van der Waals surface area contributed by atoms with Crippen molar-refractivity contribution >= 4 is 34.1 Å². The van der Waals surface area contributed by atoms with Gasteiger partial charge in [-0.25, -0.2) is 4.98 Å². The summed E-state index contributed by atoms with van der Waals surface area (Å²) < 4.78 is 11.0. The molecule has 0 aliphatic carbocycles. The molecule has 1 amide bonds. The number of ether oxygens (including phenoxy) is 1. The molecule has 0 radical (unpaired) electrons. The number of hydrogen-bond donors (Lipinski definition) is 1. The number of benzene rings is 3. The number of carbonyl (C=O) groups excluding carboxylic acids is 1. The van der Waals surface area contributed by atoms with Gasteiger partial charge < -0.3 is 14.5 Å². The third-order valence-electron chi connectivity index (χ3n) is 4.43. The summed E-state index contributed by atoms with van der Waals surface area (Å²) in [7, 11) is 0. The average Bonchev–Trinajstić information content (AvgIpc) is 3.21. The molecule has 0 spiro atoms. The summed E-state index contributed by atoms with van der Waals surface area (Å²) in [6.45, 7) is -0.459. The molecule has 0 fully saturated rings. The van der Waals surface area contributed by atoms with Gasteiger partial charge in [-0.2, -0.15) is 0 Å². The van der Waals surface area contributed by atoms with E-state index < -0.39 is 22.4 Å². The number of hydrogen-bond acceptors (Lipinski definition) is 8. The van der Waals surface area contributed by atoms with Gasteiger partial charge in [0.25, 0.3) is 11.6 Å². The van der Waals surface area contributed by atoms with Gasteiger partial charge in [0.15, 0.2) is 17.9 Å². The summed E-state index contributed by atoms with van der Waals surface area (Å²) in [4.78, 5) is 37.6. The maximum Gasteiger partial charge on any atom is 0.310 e. The number of oxazole rings is 1. The Balaban J connectivity index is 1.54. The summed E-state index contributed by atoms with van der Waals surface area (Å²) in [6.07, 6.45) is 0. The molecule has 1 heterocycles. The van der Waals surface area contributed by atoms with E-state index in [9.17, 15) is 25.0 Å². The van der Waals surface area contributed by atoms with E-state index in [0.717, 1.165) is 0 Å². The van der Waals surface area contributed by atoms with Gasteiger partial charge in [-0.15, -0.1) is 0 Å². The molecular weight excluding hydrogens is 420 g/mol. The van der Waals surface area contributed by atoms with Gasteiger partial charge in [-0.3, -0.25) is 25.0 Å². The fraction of sp³-hybridized carbons (Fsp3) is 0.0476. The van der Waals surface area contributed by atoms with Crippen molar-refractivity contribution in [1.82, 2.24) is 4.98 Å². The highest BCUT2D eigenvalue weighted by Gasteiger charge is 2.18. The number of nitrogens with one attached hydrogen (secondary N) is 1. The second-order valence-electron chi connectivity index (χ2n) is 6.54. The first-order valence-electron chi connectivity index (χ1n) is 9.23. The Kier molecular flexibility index (Phi) is 5.45. The van der Waals surface area contributed by atoms with Crippen LogP contribution in [-0.4, -0.2) is 27.3 Å². The Hall–Kier alpha value is -4.80. The van der Waals surface area contributed by atoms with Crippen LogP contribution in [0.4, 0.5) is 17.1 Å². The van der Waals surface area contributed by atoms with Crippen LogP contribution in [0.2, 0.25) is 0 Å². The molecule has 0 saturated heterocycles. The lowest BCUT2D eigenvalue weighted by molar-refractivity contribution is -0.385. The molecule has 11 heteroatoms. The number of nitro benzene ring substituents is 2. The smallest absolute Gasteiger partial charge is 0.310 e. The van der Waals surface area contributed by atoms with Gasteiger partial charge in [0, 0.05) is 18.2 Å². The maximum absolute atomic E-state index is 12.4. The fourth-order valence-corrected chi connectivity index (χ4v) is 2.98. The van der Waals surface area contributed by atoms with Crippen LogP contribution in [0.1, 0.15) is 0 Å². The number of aromatic nitrogens is 1. The van der Waals surface area contributed by atoms with Crippen LogP contribution in [0.5, 0.6) is 5.75 Å². The first kappa shape index (κ1) is 20.5. The molecule has 1 aromatic heterocycles. The summed E-state index contributed by atoms with van der Waals surface area (Å²) in [5, 5.41) is 24.7. The number of nitro groups is 2. The molecule has 4 rings (SSSR count). The average molecular weight is 434 g/mol. The topological polar surface area (TPSA) is 151 Å². The number of carbonyl (C=O) groups is 1. The minimum atomic E-state index is -0.597. The van der Waals surface area contributed by atoms with E-state index >= 15 is 0 Å². The van der Waals surface area contributed by atoms with Crippen molar-refractivity contribution in [2.75, 3.05) is 11.9 Å². The van der Waals surface area contributed by atoms with E-state index in [0.29, 0.717) is 22.4 Å². The zero-order chi connectivity index (χ0) is 22.7. The minimum absolute atomic E-state index is 0.0264. The molecule has 0 unspecified atom stereocenters. The Morgan fingerprint density at radius 3 is 2.53 bits per heavy atom. The van der Waals surface area contributed by atoms with E-state index in [2.05, 4.69) is 10.3 Å². The van der Waals surface area contributed by atoms with Gasteiger partial charge in [0.1, 0.15) is 5.52 Å². The second-order valence-corrected chi connectivity index (χ2v) is 6.54. The van der Waals surface area contributed by atoms with Crippen LogP contribution in [0, 0.1) is 20.2 Å². The van der Waals surface area contributed by atoms with Crippen molar-refractivity contribution in [1.29, 1.82) is 0 Å². The van der Waals surface area contributed by atoms with Crippen molar-refractivity contribution in [3.05, 3.63) is 87.0 Å². The van der Waals surface area contributed by atoms with Crippen molar-refractivity contribution < 1.29 is 23.8 Å². The Morgan fingerprint density at radius 2 is 1.75 bits per heavy atom. The number of para-hydroxylation sites is 3. The number of anilines is 1. The standard InChI is InChI=1S/C21H14N4O7/c26-20(12-31-19-8-4-3-7-17(19)25(29)30)22-15-6-2-1-5-14(15)21-23-16-11-13(24(27)28)9-10-18(16)32-21/h1-11H,12H2,(H,22,26). The Bertz CT molecular complexity index is 1350. The van der Waals surface area contributed by atoms with Crippen molar-refractivity contribution in [2.24, 2.45) is 0 Å². The van der Waals surface area contributed by atoms with Crippen molar-refractivity contribution in [3.8, 4) is 17.2 Å². The molecular formula is C21H14N4O7. The quantitative estimate of drug-likeness (QED) is 0.333. The van der Waals surface area contributed by atoms with Gasteiger partial charge in [0.2, 0.25) is 5.89 Å². The summed E-state index contributed by atoms with van der Waals surface area (Å²) >= 11 is 0. The normalized spacial score (nSPS) is 10.6. The van der Waals surface area contributed by atoms with Gasteiger partial charge in [-0.1, -0.05) is 24.3 Å². The lowest BCUT2D eigenvalue weighted by Crippen LogP contribution is -2.20. The lowest BCUT2D eigenvalue weighted by Gasteiger charge is -2.10. The van der Waals surface area contributed by atoms with E-state index in [1.165, 1.54) is 36.4 Å². The Morgan fingerprint density at radius 1 is 1.00 bits per heavy atom. The first-order valence-corrected chi connectivity index (χ1v) is 9.23. The van der Waals surface area contributed by atoms with Crippen molar-refractivity contribution in [3.63, 3.8) is 0 Å². The predicted molar refractivity (Wildman–Crippen MR) is 113 cm³/mol. The molecule has 160 valence electrons. The molecule has 4 aromatic rings. The number of non-ortho nitro benzene ring substituents is 1. The van der Waals surface area contributed by atoms with Gasteiger partial charge >= 0.3 is 5.69 Å². The van der Waals surface area contributed by atoms with E-state index in [-0.39, 0.29) is 23.0 Å². The maximum atomic E-state index is 12.4. The van der Waals surface area contributed by atoms with E-state index in [4.69, 9.17) is 9.15 Å². The van der Waals surface area contributed by atoms with Gasteiger partial charge in [0.05, 0.1) is 21.1 Å². The molecule has 0 aliphatic rings. The van der Waals surface area contributed by atoms with Crippen molar-refractivity contribution in [2.45, 2.75) is 0 Å². The zero-order valence-electron chi connectivity index (χ0n) is 16.3. The number of rotatable bonds is 7. The molecule has 3 aromatic carbocycles. The van der Waals surface area contributed by atoms with Crippen LogP contribution in [-0.2, 0) is 4.79 Å². The first-order chi connectivity index (χ1) is 15.4. The van der Waals surface area contributed by atoms with E-state index in [1.54, 1.807) is 30.3 Å². The van der Waals surface area contributed by atoms with Crippen LogP contribution in [0.25, 0.3) is 22.6 Å². The highest BCUT2D eigenvalue weighted by atomic mass is 16.6. The summed E-state index contributed by atoms with van der Waals surface area (Å²) in [5.74, 6) is -0.417. The van der Waals surface area contributed by atoms with Crippen LogP contribution >= 0.6 is 0 Å². The summed E-state index contributed by atoms with van der Waals surface area (Å²) in [6, 6.07) is 16.5. The molecule has 0 atom stereocenters. The SMILES string of the molecule is O=C(COc1ccccc1[N+](=O)[O-])Nc1ccccc1-c1nc2cc([N+](=O)[O-])ccc2o1. The zero-order valence-corrected chi connectivity index (χ0v) is 16.3. The molecule has 0 saturated carbocycles. The molecule has 0 aliphatic heterocycles. The molecule has 32 heavy (non-hydrogen) atoms. The van der Waals surface area contributed by atoms with Crippen LogP contribution in [0.15, 0.2) is 71.1 Å². The highest BCUT2D eigenvalue weighted by molar-refractivity contribution is 5.96. The van der Waals surface area contributed by atoms with Crippen LogP contribution < -0.4 is 10.1 Å². The van der Waals surface area contributed by atoms with Crippen LogP contribution in [0.3, 0.4) is 0 Å². The third kappa shape index (κ3) is 4.21. The Labute approximate surface area is 179 Å². The number of fused-ring (bicyclic) bond motifs is 1. The lowest BCUT2D eigenvalue weighted by atomic mass is 10.1. The number of amides is 1. The van der Waals surface area contributed by atoms with E-state index in [1.807, 2.05) is 0 Å². The molecule has 1 N–H and O–H groups in total. The third-order valence-corrected chi connectivity index (χ3v) is 4.43. The predicted octanol–water partition coefficient (Wildman–Crippen LogP) is 4.33. The largest absolute Gasteiger partial charge is 0.477 e.